The molecule has 4 nitrogen and oxygen atoms in total. The molecular formula is C72H152MoO4P2. The molecule has 0 bridgehead atoms. The Hall–Kier alpha value is 1.07. The summed E-state index contributed by atoms with van der Waals surface area (Å²) in [5.41, 5.74) is 0. The molecule has 0 unspecified atom stereocenters. The molecule has 0 aliphatic carbocycles. The van der Waals surface area contributed by atoms with E-state index in [1.54, 1.807) is 75.5 Å². The molecule has 0 aromatic heterocycles. The molecule has 0 aliphatic heterocycles. The molecule has 0 rings (SSSR count). The van der Waals surface area contributed by atoms with Crippen molar-refractivity contribution in [3.8, 4) is 0 Å². The van der Waals surface area contributed by atoms with Crippen LogP contribution in [0.3, 0.4) is 0 Å². The third-order valence-corrected chi connectivity index (χ3v) is 23.7. The Labute approximate surface area is 507 Å². The Morgan fingerprint density at radius 2 is 0.253 bits per heavy atom. The summed E-state index contributed by atoms with van der Waals surface area (Å²) in [6.45, 7) is 13.9. The number of unbranched alkanes of at least 4 members (excludes halogenated alkanes) is 54. The van der Waals surface area contributed by atoms with E-state index in [2.05, 4.69) is 41.5 Å². The zero-order valence-electron chi connectivity index (χ0n) is 55.7. The third kappa shape index (κ3) is 88.0. The zero-order chi connectivity index (χ0) is 58.3. The van der Waals surface area contributed by atoms with Crippen molar-refractivity contribution in [2.75, 3.05) is 37.0 Å². The molecule has 0 atom stereocenters. The van der Waals surface area contributed by atoms with Crippen molar-refractivity contribution in [1.82, 2.24) is 0 Å². The summed E-state index contributed by atoms with van der Waals surface area (Å²) < 4.78 is 34.5. The van der Waals surface area contributed by atoms with Crippen molar-refractivity contribution in [2.24, 2.45) is 0 Å². The topological polar surface area (TPSA) is 80.3 Å². The van der Waals surface area contributed by atoms with E-state index in [1.165, 1.54) is 347 Å². The molecule has 0 saturated heterocycles. The first-order chi connectivity index (χ1) is 38.7. The van der Waals surface area contributed by atoms with Gasteiger partial charge in [-0.3, -0.25) is 0 Å². The van der Waals surface area contributed by atoms with Gasteiger partial charge in [0.1, 0.15) is 0 Å². The van der Waals surface area contributed by atoms with Crippen LogP contribution >= 0.6 is 15.8 Å². The van der Waals surface area contributed by atoms with Gasteiger partial charge in [0.25, 0.3) is 0 Å². The van der Waals surface area contributed by atoms with Gasteiger partial charge in [-0.15, -0.1) is 0 Å². The molecule has 0 spiro atoms. The van der Waals surface area contributed by atoms with Gasteiger partial charge in [0.15, 0.2) is 0 Å². The van der Waals surface area contributed by atoms with Crippen LogP contribution < -0.4 is 7.52 Å². The van der Waals surface area contributed by atoms with E-state index < -0.39 is 16.7 Å². The van der Waals surface area contributed by atoms with E-state index >= 15 is 0 Å². The fourth-order valence-electron chi connectivity index (χ4n) is 11.9. The van der Waals surface area contributed by atoms with E-state index in [1.807, 2.05) is 0 Å². The van der Waals surface area contributed by atoms with E-state index in [0.717, 1.165) is 0 Å². The van der Waals surface area contributed by atoms with Gasteiger partial charge in [-0.05, 0) is 77.0 Å². The van der Waals surface area contributed by atoms with Crippen molar-refractivity contribution in [3.05, 3.63) is 0 Å². The Bertz CT molecular complexity index is 945. The Kier molecular flexibility index (Phi) is 82.2. The molecule has 0 N–H and O–H groups in total. The molecule has 0 amide bonds. The van der Waals surface area contributed by atoms with Crippen molar-refractivity contribution < 1.29 is 31.1 Å². The molecule has 0 fully saturated rings. The van der Waals surface area contributed by atoms with Crippen LogP contribution in [0.15, 0.2) is 0 Å². The molecule has 480 valence electrons. The van der Waals surface area contributed by atoms with Crippen LogP contribution in [0.5, 0.6) is 0 Å². The quantitative estimate of drug-likeness (QED) is 0.0345. The van der Waals surface area contributed by atoms with Gasteiger partial charge in [0.2, 0.25) is 0 Å². The van der Waals surface area contributed by atoms with Crippen LogP contribution in [0.1, 0.15) is 427 Å². The summed E-state index contributed by atoms with van der Waals surface area (Å²) >= 11 is -6.02. The van der Waals surface area contributed by atoms with E-state index in [4.69, 9.17) is 14.3 Å². The summed E-state index contributed by atoms with van der Waals surface area (Å²) in [7, 11) is -0.132. The maximum absolute atomic E-state index is 8.63. The Morgan fingerprint density at radius 3 is 0.342 bits per heavy atom. The molecular weight excluding hydrogens is 1090 g/mol. The van der Waals surface area contributed by atoms with Crippen molar-refractivity contribution >= 4 is 15.8 Å². The van der Waals surface area contributed by atoms with Crippen LogP contribution in [-0.4, -0.2) is 37.0 Å². The fourth-order valence-corrected chi connectivity index (χ4v) is 17.9. The first-order valence-electron chi connectivity index (χ1n) is 37.0. The summed E-state index contributed by atoms with van der Waals surface area (Å²) in [4.78, 5) is 0. The predicted octanol–water partition coefficient (Wildman–Crippen LogP) is 25.3. The minimum absolute atomic E-state index is 0.0662. The van der Waals surface area contributed by atoms with E-state index in [0.29, 0.717) is 0 Å². The summed E-state index contributed by atoms with van der Waals surface area (Å²) in [5, 5.41) is 0. The Morgan fingerprint density at radius 1 is 0.177 bits per heavy atom. The van der Waals surface area contributed by atoms with Gasteiger partial charge in [-0.1, -0.05) is 350 Å². The first kappa shape index (κ1) is 84.3. The Balaban J connectivity index is -0.00000134. The normalized spacial score (nSPS) is 11.7. The molecule has 0 radical (unpaired) electrons. The average molecular weight is 1240 g/mol. The minimum atomic E-state index is -6.02. The fraction of sp³-hybridized carbons (Fsp3) is 1.00. The molecule has 0 saturated carbocycles. The van der Waals surface area contributed by atoms with Gasteiger partial charge < -0.3 is 0 Å². The standard InChI is InChI=1S/2C36H75P.Mo.4O/c2*1-4-7-10-13-16-19-22-25-28-31-34-37(35-32-29-26-23-20-17-14-11-8-5-2)36-33-30-27-24-21-18-15-12-9-6-3;;;;;/h2*4-36H2,1-3H3;;;;;/q;;;;;2*-1/p+2. The summed E-state index contributed by atoms with van der Waals surface area (Å²) in [6, 6.07) is 0. The van der Waals surface area contributed by atoms with E-state index in [-0.39, 0.29) is 15.8 Å². The van der Waals surface area contributed by atoms with Crippen LogP contribution in [0.4, 0.5) is 0 Å². The first-order valence-corrected chi connectivity index (χ1v) is 44.6. The van der Waals surface area contributed by atoms with Crippen molar-refractivity contribution in [3.63, 3.8) is 0 Å². The second-order valence-corrected chi connectivity index (χ2v) is 33.5. The van der Waals surface area contributed by atoms with Gasteiger partial charge in [-0.25, -0.2) is 0 Å². The molecule has 79 heavy (non-hydrogen) atoms. The van der Waals surface area contributed by atoms with Crippen LogP contribution in [0, 0.1) is 0 Å². The van der Waals surface area contributed by atoms with Crippen LogP contribution in [0.2, 0.25) is 0 Å². The second-order valence-electron chi connectivity index (χ2n) is 25.5. The number of hydrogen-bond donors (Lipinski definition) is 0. The zero-order valence-corrected chi connectivity index (χ0v) is 59.7. The number of hydrogen-bond acceptors (Lipinski definition) is 4. The van der Waals surface area contributed by atoms with Crippen LogP contribution in [0.25, 0.3) is 0 Å². The molecule has 0 aromatic carbocycles. The summed E-state index contributed by atoms with van der Waals surface area (Å²) in [6.07, 6.45) is 99.1. The summed E-state index contributed by atoms with van der Waals surface area (Å²) in [5.74, 6) is 0. The molecule has 0 heterocycles. The third-order valence-electron chi connectivity index (χ3n) is 17.3. The van der Waals surface area contributed by atoms with Crippen molar-refractivity contribution in [1.29, 1.82) is 0 Å². The van der Waals surface area contributed by atoms with Crippen molar-refractivity contribution in [2.45, 2.75) is 427 Å². The van der Waals surface area contributed by atoms with Gasteiger partial charge in [-0.2, -0.15) is 0 Å². The predicted molar refractivity (Wildman–Crippen MR) is 358 cm³/mol. The SMILES string of the molecule is CCCCCCCCCCCC[PH+](CCCCCCCCCCCC)CCCCCCCCCCCC.CCCCCCCCCCCC[PH+](CCCCCCCCCCCC)CCCCCCCCCCCC.[O]=[Mo](=[O])([O-])[O-]. The van der Waals surface area contributed by atoms with Gasteiger partial charge in [0.05, 0.1) is 37.0 Å². The van der Waals surface area contributed by atoms with Gasteiger partial charge in [0, 0.05) is 15.8 Å². The van der Waals surface area contributed by atoms with Crippen LogP contribution in [-0.2, 0) is 23.5 Å². The van der Waals surface area contributed by atoms with Gasteiger partial charge >= 0.3 is 31.1 Å². The number of rotatable bonds is 66. The molecule has 0 aliphatic rings. The monoisotopic (exact) mass is 1240 g/mol. The molecule has 7 heteroatoms. The maximum atomic E-state index is 8.63. The average Bonchev–Trinajstić information content (AvgIpc) is 3.43. The second kappa shape index (κ2) is 77.1. The van der Waals surface area contributed by atoms with E-state index in [9.17, 15) is 0 Å². The molecule has 0 aromatic rings.